The second kappa shape index (κ2) is 12.0. The third-order valence-corrected chi connectivity index (χ3v) is 8.69. The zero-order valence-electron chi connectivity index (χ0n) is 19.9. The molecule has 0 unspecified atom stereocenters. The van der Waals surface area contributed by atoms with Crippen molar-refractivity contribution in [3.05, 3.63) is 34.5 Å². The molecule has 0 spiro atoms. The zero-order chi connectivity index (χ0) is 23.9. The second-order valence-electron chi connectivity index (χ2n) is 8.90. The van der Waals surface area contributed by atoms with E-state index in [2.05, 4.69) is 26.7 Å². The molecular formula is C25H34N4O3S2. The van der Waals surface area contributed by atoms with Crippen LogP contribution in [0, 0.1) is 0 Å². The van der Waals surface area contributed by atoms with E-state index in [-0.39, 0.29) is 17.6 Å². The molecule has 1 N–H and O–H groups in total. The lowest BCUT2D eigenvalue weighted by Gasteiger charge is -2.21. The summed E-state index contributed by atoms with van der Waals surface area (Å²) in [5.74, 6) is 1.14. The number of carbonyl (C=O) groups excluding carboxylic acids is 2. The molecule has 1 amide bonds. The molecule has 9 heteroatoms. The molecule has 34 heavy (non-hydrogen) atoms. The van der Waals surface area contributed by atoms with Gasteiger partial charge in [0.2, 0.25) is 5.91 Å². The maximum absolute atomic E-state index is 12.9. The van der Waals surface area contributed by atoms with Crippen molar-refractivity contribution in [2.75, 3.05) is 17.7 Å². The lowest BCUT2D eigenvalue weighted by atomic mass is 9.89. The molecule has 0 atom stereocenters. The largest absolute Gasteiger partial charge is 0.462 e. The van der Waals surface area contributed by atoms with Gasteiger partial charge in [0.25, 0.3) is 0 Å². The number of aromatic nitrogens is 3. The van der Waals surface area contributed by atoms with Crippen molar-refractivity contribution in [3.8, 4) is 0 Å². The first-order chi connectivity index (χ1) is 16.6. The van der Waals surface area contributed by atoms with Crippen LogP contribution in [0.15, 0.2) is 17.8 Å². The van der Waals surface area contributed by atoms with E-state index in [1.165, 1.54) is 47.2 Å². The molecule has 2 aliphatic carbocycles. The van der Waals surface area contributed by atoms with Crippen LogP contribution in [0.4, 0.5) is 5.00 Å². The number of fused-ring (bicyclic) bond motifs is 1. The first-order valence-electron chi connectivity index (χ1n) is 12.4. The summed E-state index contributed by atoms with van der Waals surface area (Å²) in [7, 11) is 0. The molecule has 184 valence electrons. The maximum atomic E-state index is 12.9. The molecule has 0 radical (unpaired) electrons. The van der Waals surface area contributed by atoms with E-state index in [0.29, 0.717) is 29.6 Å². The molecule has 1 saturated carbocycles. The Morgan fingerprint density at radius 3 is 2.71 bits per heavy atom. The van der Waals surface area contributed by atoms with Gasteiger partial charge in [-0.25, -0.2) is 4.79 Å². The average molecular weight is 503 g/mol. The Labute approximate surface area is 209 Å². The molecule has 0 aromatic carbocycles. The minimum Gasteiger partial charge on any atom is -0.462 e. The monoisotopic (exact) mass is 502 g/mol. The van der Waals surface area contributed by atoms with Gasteiger partial charge in [-0.2, -0.15) is 0 Å². The lowest BCUT2D eigenvalue weighted by Crippen LogP contribution is -2.17. The Hall–Kier alpha value is -2.13. The van der Waals surface area contributed by atoms with Crippen LogP contribution in [0.1, 0.15) is 90.8 Å². The van der Waals surface area contributed by atoms with Gasteiger partial charge < -0.3 is 14.6 Å². The summed E-state index contributed by atoms with van der Waals surface area (Å²) in [4.78, 5) is 26.9. The number of nitrogens with one attached hydrogen (secondary N) is 1. The quantitative estimate of drug-likeness (QED) is 0.203. The molecule has 7 nitrogen and oxygen atoms in total. The van der Waals surface area contributed by atoms with Crippen molar-refractivity contribution in [2.45, 2.75) is 88.8 Å². The SMILES string of the molecule is C=CCn1c(SCC(=O)Nc2sc3c(c2C(=O)OCC)CCCCC3)nnc1C1CCCCC1. The number of esters is 1. The van der Waals surface area contributed by atoms with Gasteiger partial charge in [0.05, 0.1) is 17.9 Å². The molecule has 2 aromatic rings. The number of thioether (sulfide) groups is 1. The topological polar surface area (TPSA) is 86.1 Å². The summed E-state index contributed by atoms with van der Waals surface area (Å²) in [5.41, 5.74) is 1.61. The van der Waals surface area contributed by atoms with Gasteiger partial charge in [-0.05, 0) is 51.0 Å². The zero-order valence-corrected chi connectivity index (χ0v) is 21.6. The number of ether oxygens (including phenoxy) is 1. The van der Waals surface area contributed by atoms with Crippen LogP contribution in [0.25, 0.3) is 0 Å². The normalized spacial score (nSPS) is 16.5. The number of thiophene rings is 1. The van der Waals surface area contributed by atoms with Crippen LogP contribution >= 0.6 is 23.1 Å². The van der Waals surface area contributed by atoms with Gasteiger partial charge in [-0.3, -0.25) is 4.79 Å². The number of carbonyl (C=O) groups is 2. The molecule has 0 saturated heterocycles. The number of anilines is 1. The van der Waals surface area contributed by atoms with Gasteiger partial charge >= 0.3 is 5.97 Å². The highest BCUT2D eigenvalue weighted by atomic mass is 32.2. The van der Waals surface area contributed by atoms with Gasteiger partial charge in [0.1, 0.15) is 10.8 Å². The summed E-state index contributed by atoms with van der Waals surface area (Å²) < 4.78 is 7.42. The molecule has 0 bridgehead atoms. The number of hydrogen-bond acceptors (Lipinski definition) is 7. The number of rotatable bonds is 9. The first-order valence-corrected chi connectivity index (χ1v) is 14.2. The highest BCUT2D eigenvalue weighted by molar-refractivity contribution is 7.99. The van der Waals surface area contributed by atoms with E-state index in [1.807, 2.05) is 6.08 Å². The van der Waals surface area contributed by atoms with Gasteiger partial charge in [0.15, 0.2) is 5.16 Å². The highest BCUT2D eigenvalue weighted by Crippen LogP contribution is 2.38. The summed E-state index contributed by atoms with van der Waals surface area (Å²) in [5, 5.41) is 13.2. The molecule has 4 rings (SSSR count). The fraction of sp³-hybridized carbons (Fsp3) is 0.600. The smallest absolute Gasteiger partial charge is 0.341 e. The number of allylic oxidation sites excluding steroid dienone is 1. The molecular weight excluding hydrogens is 468 g/mol. The van der Waals surface area contributed by atoms with Crippen molar-refractivity contribution in [1.29, 1.82) is 0 Å². The van der Waals surface area contributed by atoms with Crippen molar-refractivity contribution in [1.82, 2.24) is 14.8 Å². The maximum Gasteiger partial charge on any atom is 0.341 e. The molecule has 2 heterocycles. The second-order valence-corrected chi connectivity index (χ2v) is 10.9. The van der Waals surface area contributed by atoms with Crippen LogP contribution in [0.2, 0.25) is 0 Å². The first kappa shape index (κ1) is 25.0. The molecule has 2 aliphatic rings. The Balaban J connectivity index is 1.47. The van der Waals surface area contributed by atoms with Crippen LogP contribution in [-0.4, -0.2) is 39.0 Å². The number of amides is 1. The van der Waals surface area contributed by atoms with Crippen molar-refractivity contribution >= 4 is 40.0 Å². The lowest BCUT2D eigenvalue weighted by molar-refractivity contribution is -0.113. The summed E-state index contributed by atoms with van der Waals surface area (Å²) in [6.07, 6.45) is 13.0. The van der Waals surface area contributed by atoms with Crippen LogP contribution in [0.5, 0.6) is 0 Å². The van der Waals surface area contributed by atoms with E-state index < -0.39 is 0 Å². The number of hydrogen-bond donors (Lipinski definition) is 1. The number of aryl methyl sites for hydroxylation is 1. The fourth-order valence-electron chi connectivity index (χ4n) is 4.91. The number of nitrogens with zero attached hydrogens (tertiary/aromatic N) is 3. The van der Waals surface area contributed by atoms with E-state index in [1.54, 1.807) is 6.92 Å². The predicted octanol–water partition coefficient (Wildman–Crippen LogP) is 5.75. The third kappa shape index (κ3) is 5.74. The van der Waals surface area contributed by atoms with Crippen LogP contribution in [-0.2, 0) is 28.9 Å². The van der Waals surface area contributed by atoms with Crippen molar-refractivity contribution in [2.24, 2.45) is 0 Å². The molecule has 1 fully saturated rings. The Morgan fingerprint density at radius 1 is 1.18 bits per heavy atom. The van der Waals surface area contributed by atoms with E-state index >= 15 is 0 Å². The Morgan fingerprint density at radius 2 is 1.94 bits per heavy atom. The van der Waals surface area contributed by atoms with E-state index in [4.69, 9.17) is 4.74 Å². The fourth-order valence-corrected chi connectivity index (χ4v) is 6.96. The predicted molar refractivity (Wildman–Crippen MR) is 137 cm³/mol. The third-order valence-electron chi connectivity index (χ3n) is 6.51. The van der Waals surface area contributed by atoms with Gasteiger partial charge in [-0.15, -0.1) is 28.1 Å². The standard InChI is InChI=1S/C25H34N4O3S2/c1-3-15-29-22(17-11-7-5-8-12-17)27-28-25(29)33-16-20(30)26-23-21(24(31)32-4-2)18-13-9-6-10-14-19(18)34-23/h3,17H,1,4-16H2,2H3,(H,26,30). The van der Waals surface area contributed by atoms with Crippen LogP contribution in [0.3, 0.4) is 0 Å². The summed E-state index contributed by atoms with van der Waals surface area (Å²) in [6, 6.07) is 0. The highest BCUT2D eigenvalue weighted by Gasteiger charge is 2.27. The van der Waals surface area contributed by atoms with E-state index in [0.717, 1.165) is 61.5 Å². The average Bonchev–Trinajstić information content (AvgIpc) is 3.31. The minimum atomic E-state index is -0.340. The van der Waals surface area contributed by atoms with E-state index in [9.17, 15) is 9.59 Å². The Kier molecular flexibility index (Phi) is 8.83. The molecule has 2 aromatic heterocycles. The summed E-state index contributed by atoms with van der Waals surface area (Å²) in [6.45, 7) is 6.64. The summed E-state index contributed by atoms with van der Waals surface area (Å²) >= 11 is 2.91. The van der Waals surface area contributed by atoms with Crippen molar-refractivity contribution in [3.63, 3.8) is 0 Å². The Bertz CT molecular complexity index is 1020. The van der Waals surface area contributed by atoms with Crippen LogP contribution < -0.4 is 5.32 Å². The molecule has 0 aliphatic heterocycles. The van der Waals surface area contributed by atoms with Crippen molar-refractivity contribution < 1.29 is 14.3 Å². The van der Waals surface area contributed by atoms with Gasteiger partial charge in [0, 0.05) is 17.3 Å². The van der Waals surface area contributed by atoms with Gasteiger partial charge in [-0.1, -0.05) is 43.5 Å². The minimum absolute atomic E-state index is 0.153.